The third-order valence-electron chi connectivity index (χ3n) is 3.44. The standard InChI is InChI=1S/C14H20FNO2/c1-10-5-6-16-8-14(10)18-9-11-3-4-13(17-2)12(15)7-11/h3-4,7,10,14,16H,5-6,8-9H2,1-2H3. The molecule has 1 aliphatic rings. The fourth-order valence-electron chi connectivity index (χ4n) is 2.19. The van der Waals surface area contributed by atoms with Crippen LogP contribution in [0.1, 0.15) is 18.9 Å². The van der Waals surface area contributed by atoms with E-state index in [1.54, 1.807) is 6.07 Å². The molecule has 1 aromatic carbocycles. The maximum Gasteiger partial charge on any atom is 0.165 e. The minimum Gasteiger partial charge on any atom is -0.494 e. The van der Waals surface area contributed by atoms with Crippen molar-refractivity contribution < 1.29 is 13.9 Å². The van der Waals surface area contributed by atoms with Crippen molar-refractivity contribution in [3.05, 3.63) is 29.6 Å². The van der Waals surface area contributed by atoms with Gasteiger partial charge in [0.25, 0.3) is 0 Å². The van der Waals surface area contributed by atoms with E-state index in [-0.39, 0.29) is 17.7 Å². The molecule has 1 aliphatic heterocycles. The highest BCUT2D eigenvalue weighted by Crippen LogP contribution is 2.20. The van der Waals surface area contributed by atoms with Gasteiger partial charge in [-0.15, -0.1) is 0 Å². The number of rotatable bonds is 4. The zero-order valence-electron chi connectivity index (χ0n) is 10.9. The lowest BCUT2D eigenvalue weighted by atomic mass is 9.97. The van der Waals surface area contributed by atoms with Gasteiger partial charge in [0.1, 0.15) is 0 Å². The Morgan fingerprint density at radius 2 is 2.28 bits per heavy atom. The summed E-state index contributed by atoms with van der Waals surface area (Å²) in [6, 6.07) is 4.94. The molecule has 1 N–H and O–H groups in total. The second-order valence-electron chi connectivity index (χ2n) is 4.79. The Balaban J connectivity index is 1.91. The quantitative estimate of drug-likeness (QED) is 0.893. The minimum absolute atomic E-state index is 0.212. The summed E-state index contributed by atoms with van der Waals surface area (Å²) >= 11 is 0. The van der Waals surface area contributed by atoms with Crippen LogP contribution in [0, 0.1) is 11.7 Å². The first-order valence-corrected chi connectivity index (χ1v) is 6.35. The summed E-state index contributed by atoms with van der Waals surface area (Å²) in [7, 11) is 1.46. The molecule has 18 heavy (non-hydrogen) atoms. The zero-order valence-corrected chi connectivity index (χ0v) is 10.9. The van der Waals surface area contributed by atoms with Crippen LogP contribution in [0.25, 0.3) is 0 Å². The average Bonchev–Trinajstić information content (AvgIpc) is 2.38. The summed E-state index contributed by atoms with van der Waals surface area (Å²) in [6.45, 7) is 4.57. The molecule has 1 fully saturated rings. The molecule has 2 rings (SSSR count). The molecule has 0 bridgehead atoms. The van der Waals surface area contributed by atoms with Gasteiger partial charge in [-0.25, -0.2) is 4.39 Å². The Morgan fingerprint density at radius 3 is 2.94 bits per heavy atom. The van der Waals surface area contributed by atoms with Gasteiger partial charge in [-0.2, -0.15) is 0 Å². The number of halogens is 1. The maximum atomic E-state index is 13.5. The summed E-state index contributed by atoms with van der Waals surface area (Å²) in [4.78, 5) is 0. The van der Waals surface area contributed by atoms with E-state index < -0.39 is 0 Å². The highest BCUT2D eigenvalue weighted by Gasteiger charge is 2.21. The second kappa shape index (κ2) is 6.16. The Hall–Kier alpha value is -1.13. The van der Waals surface area contributed by atoms with Crippen LogP contribution in [0.15, 0.2) is 18.2 Å². The van der Waals surface area contributed by atoms with E-state index in [1.807, 2.05) is 6.07 Å². The average molecular weight is 253 g/mol. The second-order valence-corrected chi connectivity index (χ2v) is 4.79. The zero-order chi connectivity index (χ0) is 13.0. The van der Waals surface area contributed by atoms with Crippen molar-refractivity contribution in [2.24, 2.45) is 5.92 Å². The van der Waals surface area contributed by atoms with Gasteiger partial charge in [0.2, 0.25) is 0 Å². The predicted octanol–water partition coefficient (Wildman–Crippen LogP) is 2.35. The van der Waals surface area contributed by atoms with Crippen molar-refractivity contribution in [3.63, 3.8) is 0 Å². The predicted molar refractivity (Wildman–Crippen MR) is 68.2 cm³/mol. The summed E-state index contributed by atoms with van der Waals surface area (Å²) in [5.41, 5.74) is 0.839. The van der Waals surface area contributed by atoms with Gasteiger partial charge >= 0.3 is 0 Å². The number of piperidine rings is 1. The Labute approximate surface area is 107 Å². The highest BCUT2D eigenvalue weighted by molar-refractivity contribution is 5.28. The van der Waals surface area contributed by atoms with Crippen LogP contribution in [0.3, 0.4) is 0 Å². The first kappa shape index (κ1) is 13.3. The third kappa shape index (κ3) is 3.21. The van der Waals surface area contributed by atoms with Crippen molar-refractivity contribution in [2.45, 2.75) is 26.1 Å². The summed E-state index contributed by atoms with van der Waals surface area (Å²) in [5.74, 6) is 0.481. The molecule has 1 saturated heterocycles. The van der Waals surface area contributed by atoms with Crippen LogP contribution in [0.2, 0.25) is 0 Å². The monoisotopic (exact) mass is 253 g/mol. The molecule has 4 heteroatoms. The van der Waals surface area contributed by atoms with Crippen LogP contribution in [-0.2, 0) is 11.3 Å². The van der Waals surface area contributed by atoms with Gasteiger partial charge in [-0.05, 0) is 36.6 Å². The minimum atomic E-state index is -0.339. The van der Waals surface area contributed by atoms with Crippen molar-refractivity contribution in [2.75, 3.05) is 20.2 Å². The molecule has 0 aliphatic carbocycles. The lowest BCUT2D eigenvalue weighted by molar-refractivity contribution is -0.00668. The number of nitrogens with one attached hydrogen (secondary N) is 1. The number of methoxy groups -OCH3 is 1. The van der Waals surface area contributed by atoms with Crippen LogP contribution in [0.4, 0.5) is 4.39 Å². The first-order chi connectivity index (χ1) is 8.70. The van der Waals surface area contributed by atoms with E-state index in [1.165, 1.54) is 13.2 Å². The fraction of sp³-hybridized carbons (Fsp3) is 0.571. The van der Waals surface area contributed by atoms with Crippen molar-refractivity contribution in [1.82, 2.24) is 5.32 Å². The molecule has 1 aromatic rings. The van der Waals surface area contributed by atoms with Crippen LogP contribution in [0.5, 0.6) is 5.75 Å². The van der Waals surface area contributed by atoms with Gasteiger partial charge in [0, 0.05) is 6.54 Å². The van der Waals surface area contributed by atoms with E-state index in [9.17, 15) is 4.39 Å². The molecule has 3 nitrogen and oxygen atoms in total. The van der Waals surface area contributed by atoms with Gasteiger partial charge in [-0.3, -0.25) is 0 Å². The molecule has 100 valence electrons. The Bertz CT molecular complexity index is 397. The van der Waals surface area contributed by atoms with Crippen molar-refractivity contribution in [1.29, 1.82) is 0 Å². The highest BCUT2D eigenvalue weighted by atomic mass is 19.1. The van der Waals surface area contributed by atoms with Crippen molar-refractivity contribution >= 4 is 0 Å². The number of benzene rings is 1. The van der Waals surface area contributed by atoms with E-state index in [0.29, 0.717) is 12.5 Å². The van der Waals surface area contributed by atoms with Gasteiger partial charge < -0.3 is 14.8 Å². The molecule has 2 atom stereocenters. The lowest BCUT2D eigenvalue weighted by Gasteiger charge is -2.29. The molecule has 0 amide bonds. The molecular weight excluding hydrogens is 233 g/mol. The molecule has 0 aromatic heterocycles. The van der Waals surface area contributed by atoms with Crippen LogP contribution in [-0.4, -0.2) is 26.3 Å². The van der Waals surface area contributed by atoms with Crippen molar-refractivity contribution in [3.8, 4) is 5.75 Å². The first-order valence-electron chi connectivity index (χ1n) is 6.35. The fourth-order valence-corrected chi connectivity index (χ4v) is 2.19. The molecule has 0 spiro atoms. The van der Waals surface area contributed by atoms with E-state index in [2.05, 4.69) is 12.2 Å². The number of ether oxygens (including phenoxy) is 2. The molecular formula is C14H20FNO2. The molecule has 1 heterocycles. The van der Waals surface area contributed by atoms with Crippen LogP contribution >= 0.6 is 0 Å². The lowest BCUT2D eigenvalue weighted by Crippen LogP contribution is -2.40. The smallest absolute Gasteiger partial charge is 0.165 e. The summed E-state index contributed by atoms with van der Waals surface area (Å²) in [5, 5.41) is 3.31. The SMILES string of the molecule is COc1ccc(COC2CNCCC2C)cc1F. The van der Waals surface area contributed by atoms with E-state index >= 15 is 0 Å². The molecule has 2 unspecified atom stereocenters. The third-order valence-corrected chi connectivity index (χ3v) is 3.44. The molecule has 0 saturated carbocycles. The normalized spacial score (nSPS) is 23.9. The largest absolute Gasteiger partial charge is 0.494 e. The Kier molecular flexibility index (Phi) is 4.55. The van der Waals surface area contributed by atoms with E-state index in [0.717, 1.165) is 25.1 Å². The number of hydrogen-bond donors (Lipinski definition) is 1. The van der Waals surface area contributed by atoms with E-state index in [4.69, 9.17) is 9.47 Å². The van der Waals surface area contributed by atoms with Gasteiger partial charge in [0.15, 0.2) is 11.6 Å². The van der Waals surface area contributed by atoms with Gasteiger partial charge in [-0.1, -0.05) is 13.0 Å². The number of hydrogen-bond acceptors (Lipinski definition) is 3. The van der Waals surface area contributed by atoms with Crippen LogP contribution < -0.4 is 10.1 Å². The summed E-state index contributed by atoms with van der Waals surface area (Å²) in [6.07, 6.45) is 1.34. The van der Waals surface area contributed by atoms with Gasteiger partial charge in [0.05, 0.1) is 19.8 Å². The maximum absolute atomic E-state index is 13.5. The topological polar surface area (TPSA) is 30.5 Å². The molecule has 0 radical (unpaired) electrons. The summed E-state index contributed by atoms with van der Waals surface area (Å²) < 4.78 is 24.2. The Morgan fingerprint density at radius 1 is 1.44 bits per heavy atom.